The quantitative estimate of drug-likeness (QED) is 0.102. The van der Waals surface area contributed by atoms with Gasteiger partial charge in [0, 0.05) is 13.1 Å². The van der Waals surface area contributed by atoms with Crippen molar-refractivity contribution in [1.29, 1.82) is 0 Å². The molecule has 0 bridgehead atoms. The Kier molecular flexibility index (Phi) is 10.3. The van der Waals surface area contributed by atoms with Crippen LogP contribution in [-0.2, 0) is 25.6 Å². The summed E-state index contributed by atoms with van der Waals surface area (Å²) in [5.74, 6) is -3.00. The maximum atomic E-state index is 13.0. The second-order valence-corrected chi connectivity index (χ2v) is 8.18. The van der Waals surface area contributed by atoms with Crippen molar-refractivity contribution in [1.82, 2.24) is 10.2 Å². The summed E-state index contributed by atoms with van der Waals surface area (Å²) >= 11 is 5.52. The van der Waals surface area contributed by atoms with Crippen LogP contribution in [0.15, 0.2) is 35.3 Å². The number of carbonyl (C=O) groups is 4. The molecule has 1 aliphatic heterocycles. The van der Waals surface area contributed by atoms with Gasteiger partial charge in [-0.05, 0) is 37.7 Å². The van der Waals surface area contributed by atoms with Crippen LogP contribution < -0.4 is 22.5 Å². The lowest BCUT2D eigenvalue weighted by atomic mass is 10.0. The highest BCUT2D eigenvalue weighted by Crippen LogP contribution is 2.20. The zero-order chi connectivity index (χ0) is 24.4. The minimum absolute atomic E-state index is 0.0919. The number of amides is 2. The van der Waals surface area contributed by atoms with Gasteiger partial charge in [0.2, 0.25) is 23.4 Å². The minimum atomic E-state index is -1.08. The first-order valence-corrected chi connectivity index (χ1v) is 11.4. The molecule has 11 heteroatoms. The summed E-state index contributed by atoms with van der Waals surface area (Å²) in [5.41, 5.74) is 17.6. The molecule has 0 spiro atoms. The average molecular weight is 479 g/mol. The Labute approximate surface area is 197 Å². The number of guanidine groups is 1. The first-order chi connectivity index (χ1) is 15.7. The van der Waals surface area contributed by atoms with Gasteiger partial charge < -0.3 is 27.4 Å². The molecule has 1 aromatic rings. The number of nitrogens with zero attached hydrogens (tertiary/aromatic N) is 2. The van der Waals surface area contributed by atoms with Crippen LogP contribution in [0.25, 0.3) is 0 Å². The number of nitrogens with two attached hydrogens (primary N) is 3. The molecular formula is C22H31ClN6O4. The molecule has 1 fully saturated rings. The summed E-state index contributed by atoms with van der Waals surface area (Å²) in [6.45, 7) is 0.628. The molecule has 0 radical (unpaired) electrons. The molecule has 3 atom stereocenters. The Morgan fingerprint density at radius 1 is 1.18 bits per heavy atom. The summed E-state index contributed by atoms with van der Waals surface area (Å²) < 4.78 is 0. The van der Waals surface area contributed by atoms with Crippen molar-refractivity contribution in [3.63, 3.8) is 0 Å². The SMILES string of the molecule is NC(N)=NCCC[C@H](NC(=O)[C@@H]1CCCN1C(=O)[C@H](N)Cc1ccccc1)C(=O)C(=O)CCl. The van der Waals surface area contributed by atoms with Crippen LogP contribution in [0.3, 0.4) is 0 Å². The number of ketones is 2. The number of halogens is 1. The zero-order valence-electron chi connectivity index (χ0n) is 18.4. The Hall–Kier alpha value is -2.98. The monoisotopic (exact) mass is 478 g/mol. The van der Waals surface area contributed by atoms with Gasteiger partial charge >= 0.3 is 0 Å². The number of nitrogens with one attached hydrogen (secondary N) is 1. The van der Waals surface area contributed by atoms with Gasteiger partial charge in [0.05, 0.1) is 18.0 Å². The van der Waals surface area contributed by atoms with Crippen LogP contribution in [-0.4, -0.2) is 71.3 Å². The lowest BCUT2D eigenvalue weighted by Crippen LogP contribution is -2.54. The normalized spacial score (nSPS) is 17.2. The van der Waals surface area contributed by atoms with Crippen molar-refractivity contribution in [2.75, 3.05) is 19.0 Å². The van der Waals surface area contributed by atoms with E-state index >= 15 is 0 Å². The van der Waals surface area contributed by atoms with Gasteiger partial charge in [0.15, 0.2) is 5.96 Å². The summed E-state index contributed by atoms with van der Waals surface area (Å²) in [7, 11) is 0. The maximum Gasteiger partial charge on any atom is 0.243 e. The lowest BCUT2D eigenvalue weighted by Gasteiger charge is -2.28. The Morgan fingerprint density at radius 3 is 2.52 bits per heavy atom. The standard InChI is InChI=1S/C22H31ClN6O4/c23-13-18(30)19(31)16(8-4-10-27-22(25)26)28-20(32)17-9-5-11-29(17)21(33)15(24)12-14-6-2-1-3-7-14/h1-3,6-7,15-17H,4-5,8-13,24H2,(H,28,32)(H4,25,26,27)/t15-,16+,17+/m1/s1. The van der Waals surface area contributed by atoms with E-state index in [1.165, 1.54) is 4.90 Å². The molecule has 1 aromatic carbocycles. The van der Waals surface area contributed by atoms with Gasteiger partial charge in [-0.2, -0.15) is 0 Å². The predicted octanol–water partition coefficient (Wildman–Crippen LogP) is -0.537. The first kappa shape index (κ1) is 26.3. The summed E-state index contributed by atoms with van der Waals surface area (Å²) in [6, 6.07) is 6.74. The van der Waals surface area contributed by atoms with E-state index in [9.17, 15) is 19.2 Å². The molecule has 180 valence electrons. The van der Waals surface area contributed by atoms with Crippen LogP contribution in [0.2, 0.25) is 0 Å². The molecule has 1 heterocycles. The summed E-state index contributed by atoms with van der Waals surface area (Å²) in [5, 5.41) is 2.62. The molecule has 0 aromatic heterocycles. The van der Waals surface area contributed by atoms with Crippen molar-refractivity contribution in [3.05, 3.63) is 35.9 Å². The number of rotatable bonds is 12. The fourth-order valence-corrected chi connectivity index (χ4v) is 3.90. The third kappa shape index (κ3) is 7.83. The number of alkyl halides is 1. The second kappa shape index (κ2) is 12.9. The number of carbonyl (C=O) groups excluding carboxylic acids is 4. The van der Waals surface area contributed by atoms with Gasteiger partial charge in [-0.1, -0.05) is 30.3 Å². The van der Waals surface area contributed by atoms with Gasteiger partial charge in [-0.3, -0.25) is 24.2 Å². The Bertz CT molecular complexity index is 875. The highest BCUT2D eigenvalue weighted by Gasteiger charge is 2.38. The van der Waals surface area contributed by atoms with Gasteiger partial charge in [0.25, 0.3) is 0 Å². The summed E-state index contributed by atoms with van der Waals surface area (Å²) in [6.07, 6.45) is 1.93. The van der Waals surface area contributed by atoms with Crippen LogP contribution in [0, 0.1) is 0 Å². The summed E-state index contributed by atoms with van der Waals surface area (Å²) in [4.78, 5) is 55.5. The number of Topliss-reactive ketones (excluding diaryl/α,β-unsaturated/α-hetero) is 2. The van der Waals surface area contributed by atoms with Crippen molar-refractivity contribution < 1.29 is 19.2 Å². The number of benzene rings is 1. The predicted molar refractivity (Wildman–Crippen MR) is 125 cm³/mol. The van der Waals surface area contributed by atoms with E-state index in [1.54, 1.807) is 0 Å². The molecular weight excluding hydrogens is 448 g/mol. The molecule has 1 saturated heterocycles. The van der Waals surface area contributed by atoms with Gasteiger partial charge in [0.1, 0.15) is 6.04 Å². The van der Waals surface area contributed by atoms with E-state index in [2.05, 4.69) is 10.3 Å². The minimum Gasteiger partial charge on any atom is -0.370 e. The maximum absolute atomic E-state index is 13.0. The second-order valence-electron chi connectivity index (χ2n) is 7.92. The molecule has 7 N–H and O–H groups in total. The van der Waals surface area contributed by atoms with E-state index < -0.39 is 41.5 Å². The van der Waals surface area contributed by atoms with Crippen LogP contribution in [0.4, 0.5) is 0 Å². The average Bonchev–Trinajstić information content (AvgIpc) is 3.30. The van der Waals surface area contributed by atoms with Crippen molar-refractivity contribution in [2.45, 2.75) is 50.2 Å². The van der Waals surface area contributed by atoms with Crippen LogP contribution >= 0.6 is 11.6 Å². The molecule has 10 nitrogen and oxygen atoms in total. The number of hydrogen-bond donors (Lipinski definition) is 4. The van der Waals surface area contributed by atoms with Crippen molar-refractivity contribution in [3.8, 4) is 0 Å². The Morgan fingerprint density at radius 2 is 1.88 bits per heavy atom. The molecule has 1 aliphatic rings. The van der Waals surface area contributed by atoms with Gasteiger partial charge in [-0.15, -0.1) is 11.6 Å². The van der Waals surface area contributed by atoms with E-state index in [1.807, 2.05) is 30.3 Å². The van der Waals surface area contributed by atoms with Crippen LogP contribution in [0.1, 0.15) is 31.2 Å². The molecule has 2 amide bonds. The first-order valence-electron chi connectivity index (χ1n) is 10.8. The molecule has 0 saturated carbocycles. The molecule has 0 aliphatic carbocycles. The molecule has 2 rings (SSSR count). The largest absolute Gasteiger partial charge is 0.370 e. The fraction of sp³-hybridized carbons (Fsp3) is 0.500. The molecule has 0 unspecified atom stereocenters. The van der Waals surface area contributed by atoms with E-state index in [4.69, 9.17) is 28.8 Å². The number of hydrogen-bond acceptors (Lipinski definition) is 6. The van der Waals surface area contributed by atoms with E-state index in [0.29, 0.717) is 32.2 Å². The van der Waals surface area contributed by atoms with E-state index in [0.717, 1.165) is 5.56 Å². The highest BCUT2D eigenvalue weighted by atomic mass is 35.5. The smallest absolute Gasteiger partial charge is 0.243 e. The third-order valence-corrected chi connectivity index (χ3v) is 5.67. The fourth-order valence-electron chi connectivity index (χ4n) is 3.77. The van der Waals surface area contributed by atoms with Gasteiger partial charge in [-0.25, -0.2) is 0 Å². The number of aliphatic imine (C=N–C) groups is 1. The molecule has 33 heavy (non-hydrogen) atoms. The lowest BCUT2D eigenvalue weighted by molar-refractivity contribution is -0.141. The van der Waals surface area contributed by atoms with Crippen LogP contribution in [0.5, 0.6) is 0 Å². The topological polar surface area (TPSA) is 174 Å². The van der Waals surface area contributed by atoms with E-state index in [-0.39, 0.29) is 24.8 Å². The number of likely N-dealkylation sites (tertiary alicyclic amines) is 1. The Balaban J connectivity index is 2.04. The van der Waals surface area contributed by atoms with Crippen molar-refractivity contribution in [2.24, 2.45) is 22.2 Å². The third-order valence-electron chi connectivity index (χ3n) is 5.43. The zero-order valence-corrected chi connectivity index (χ0v) is 19.2. The van der Waals surface area contributed by atoms with Crippen molar-refractivity contribution >= 4 is 40.9 Å². The highest BCUT2D eigenvalue weighted by molar-refractivity contribution is 6.48.